The normalized spacial score (nSPS) is 11.6. The highest BCUT2D eigenvalue weighted by Gasteiger charge is 2.18. The first-order chi connectivity index (χ1) is 10.7. The zero-order valence-electron chi connectivity index (χ0n) is 11.9. The van der Waals surface area contributed by atoms with Crippen LogP contribution < -0.4 is 0 Å². The van der Waals surface area contributed by atoms with Gasteiger partial charge in [-0.2, -0.15) is 0 Å². The Kier molecular flexibility index (Phi) is 3.62. The fourth-order valence-electron chi connectivity index (χ4n) is 2.24. The van der Waals surface area contributed by atoms with E-state index in [4.69, 9.17) is 0 Å². The highest BCUT2D eigenvalue weighted by molar-refractivity contribution is 6.51. The smallest absolute Gasteiger partial charge is 0.217 e. The summed E-state index contributed by atoms with van der Waals surface area (Å²) < 4.78 is 0. The van der Waals surface area contributed by atoms with Crippen molar-refractivity contribution in [3.05, 3.63) is 71.7 Å². The number of hydrogen-bond donors (Lipinski definition) is 1. The molecule has 0 fully saturated rings. The number of aryl methyl sites for hydroxylation is 1. The first-order valence-corrected chi connectivity index (χ1v) is 6.74. The number of ketones is 1. The van der Waals surface area contributed by atoms with Crippen LogP contribution in [0.2, 0.25) is 0 Å². The van der Waals surface area contributed by atoms with E-state index in [9.17, 15) is 10.0 Å². The highest BCUT2D eigenvalue weighted by Crippen LogP contribution is 2.15. The number of hydrogen-bond acceptors (Lipinski definition) is 5. The lowest BCUT2D eigenvalue weighted by molar-refractivity contribution is 0.106. The molecule has 0 bridgehead atoms. The Morgan fingerprint density at radius 3 is 2.77 bits per heavy atom. The van der Waals surface area contributed by atoms with Gasteiger partial charge in [0.2, 0.25) is 5.78 Å². The third-order valence-electron chi connectivity index (χ3n) is 3.31. The van der Waals surface area contributed by atoms with Gasteiger partial charge in [0.25, 0.3) is 0 Å². The maximum Gasteiger partial charge on any atom is 0.217 e. The number of aromatic nitrogens is 2. The first-order valence-electron chi connectivity index (χ1n) is 6.74. The summed E-state index contributed by atoms with van der Waals surface area (Å²) in [5.74, 6) is -0.383. The van der Waals surface area contributed by atoms with Gasteiger partial charge in [-0.25, -0.2) is 0 Å². The van der Waals surface area contributed by atoms with E-state index in [0.717, 1.165) is 16.6 Å². The van der Waals surface area contributed by atoms with Crippen molar-refractivity contribution in [3.63, 3.8) is 0 Å². The Morgan fingerprint density at radius 2 is 2.00 bits per heavy atom. The predicted octanol–water partition coefficient (Wildman–Crippen LogP) is 3.00. The van der Waals surface area contributed by atoms with Crippen LogP contribution in [-0.2, 0) is 0 Å². The van der Waals surface area contributed by atoms with Crippen molar-refractivity contribution in [2.75, 3.05) is 0 Å². The minimum Gasteiger partial charge on any atom is -0.410 e. The van der Waals surface area contributed by atoms with Crippen LogP contribution in [0.15, 0.2) is 59.9 Å². The lowest BCUT2D eigenvalue weighted by Gasteiger charge is -2.05. The second-order valence-electron chi connectivity index (χ2n) is 4.85. The van der Waals surface area contributed by atoms with E-state index in [1.807, 2.05) is 19.1 Å². The minimum absolute atomic E-state index is 0.0769. The lowest BCUT2D eigenvalue weighted by atomic mass is 10.0. The molecule has 2 aromatic heterocycles. The van der Waals surface area contributed by atoms with E-state index >= 15 is 0 Å². The molecule has 0 radical (unpaired) electrons. The first kappa shape index (κ1) is 13.9. The van der Waals surface area contributed by atoms with Gasteiger partial charge in [0.1, 0.15) is 0 Å². The summed E-state index contributed by atoms with van der Waals surface area (Å²) in [6.45, 7) is 1.81. The van der Waals surface area contributed by atoms with Gasteiger partial charge in [-0.15, -0.1) is 0 Å². The van der Waals surface area contributed by atoms with E-state index in [0.29, 0.717) is 11.3 Å². The summed E-state index contributed by atoms with van der Waals surface area (Å²) in [6.07, 6.45) is 1.70. The molecule has 3 rings (SSSR count). The van der Waals surface area contributed by atoms with Gasteiger partial charge in [0, 0.05) is 22.8 Å². The van der Waals surface area contributed by atoms with Gasteiger partial charge < -0.3 is 5.21 Å². The molecular formula is C17H13N3O2. The summed E-state index contributed by atoms with van der Waals surface area (Å²) in [6, 6.07) is 14.1. The largest absolute Gasteiger partial charge is 0.410 e. The number of pyridine rings is 2. The molecule has 2 heterocycles. The zero-order chi connectivity index (χ0) is 15.5. The SMILES string of the molecule is Cc1cccc(C(=NO)C(=O)c2ccc3ncccc3c2)n1. The van der Waals surface area contributed by atoms with Gasteiger partial charge in [-0.1, -0.05) is 17.3 Å². The number of fused-ring (bicyclic) bond motifs is 1. The molecule has 108 valence electrons. The second kappa shape index (κ2) is 5.73. The fourth-order valence-corrected chi connectivity index (χ4v) is 2.24. The molecule has 0 aliphatic carbocycles. The number of carbonyl (C=O) groups excluding carboxylic acids is 1. The number of benzene rings is 1. The molecule has 0 aliphatic rings. The van der Waals surface area contributed by atoms with Crippen LogP contribution in [0.25, 0.3) is 10.9 Å². The molecule has 0 aliphatic heterocycles. The molecule has 0 saturated heterocycles. The van der Waals surface area contributed by atoms with E-state index in [2.05, 4.69) is 15.1 Å². The monoisotopic (exact) mass is 291 g/mol. The van der Waals surface area contributed by atoms with Crippen molar-refractivity contribution >= 4 is 22.4 Å². The maximum atomic E-state index is 12.6. The maximum absolute atomic E-state index is 12.6. The van der Waals surface area contributed by atoms with Gasteiger partial charge >= 0.3 is 0 Å². The summed E-state index contributed by atoms with van der Waals surface area (Å²) in [5.41, 5.74) is 2.24. The van der Waals surface area contributed by atoms with Gasteiger partial charge in [-0.05, 0) is 43.3 Å². The Bertz CT molecular complexity index is 888. The Morgan fingerprint density at radius 1 is 1.14 bits per heavy atom. The summed E-state index contributed by atoms with van der Waals surface area (Å²) >= 11 is 0. The van der Waals surface area contributed by atoms with Crippen LogP contribution in [0.3, 0.4) is 0 Å². The van der Waals surface area contributed by atoms with Crippen molar-refractivity contribution in [3.8, 4) is 0 Å². The Balaban J connectivity index is 2.03. The minimum atomic E-state index is -0.383. The molecule has 5 nitrogen and oxygen atoms in total. The standard InChI is InChI=1S/C17H13N3O2/c1-11-4-2-6-15(19-11)16(20-22)17(21)13-7-8-14-12(10-13)5-3-9-18-14/h2-10,22H,1H3. The van der Waals surface area contributed by atoms with E-state index in [1.54, 1.807) is 42.6 Å². The molecule has 0 unspecified atom stereocenters. The van der Waals surface area contributed by atoms with Crippen molar-refractivity contribution in [2.45, 2.75) is 6.92 Å². The number of oxime groups is 1. The van der Waals surface area contributed by atoms with Crippen LogP contribution in [0.1, 0.15) is 21.7 Å². The molecule has 0 spiro atoms. The van der Waals surface area contributed by atoms with Crippen LogP contribution >= 0.6 is 0 Å². The summed E-state index contributed by atoms with van der Waals surface area (Å²) in [5, 5.41) is 13.2. The zero-order valence-corrected chi connectivity index (χ0v) is 11.9. The third kappa shape index (κ3) is 2.56. The second-order valence-corrected chi connectivity index (χ2v) is 4.85. The Hall–Kier alpha value is -3.08. The number of nitrogens with zero attached hydrogens (tertiary/aromatic N) is 3. The van der Waals surface area contributed by atoms with Crippen molar-refractivity contribution in [1.82, 2.24) is 9.97 Å². The average Bonchev–Trinajstić information content (AvgIpc) is 2.55. The van der Waals surface area contributed by atoms with Crippen LogP contribution in [0.5, 0.6) is 0 Å². The van der Waals surface area contributed by atoms with E-state index in [1.165, 1.54) is 0 Å². The van der Waals surface area contributed by atoms with Crippen LogP contribution in [0.4, 0.5) is 0 Å². The van der Waals surface area contributed by atoms with Gasteiger partial charge in [-0.3, -0.25) is 14.8 Å². The van der Waals surface area contributed by atoms with Crippen molar-refractivity contribution in [1.29, 1.82) is 0 Å². The number of Topliss-reactive ketones (excluding diaryl/α,β-unsaturated/α-hetero) is 1. The number of carbonyl (C=O) groups is 1. The van der Waals surface area contributed by atoms with Gasteiger partial charge in [0.05, 0.1) is 11.2 Å². The van der Waals surface area contributed by atoms with Crippen LogP contribution in [-0.4, -0.2) is 26.7 Å². The fraction of sp³-hybridized carbons (Fsp3) is 0.0588. The molecular weight excluding hydrogens is 278 g/mol. The van der Waals surface area contributed by atoms with E-state index < -0.39 is 0 Å². The molecule has 3 aromatic rings. The molecule has 0 amide bonds. The van der Waals surface area contributed by atoms with Crippen molar-refractivity contribution in [2.24, 2.45) is 5.16 Å². The summed E-state index contributed by atoms with van der Waals surface area (Å²) in [7, 11) is 0. The molecule has 1 aromatic carbocycles. The van der Waals surface area contributed by atoms with Gasteiger partial charge in [0.15, 0.2) is 5.71 Å². The third-order valence-corrected chi connectivity index (χ3v) is 3.31. The summed E-state index contributed by atoms with van der Waals surface area (Å²) in [4.78, 5) is 21.0. The van der Waals surface area contributed by atoms with E-state index in [-0.39, 0.29) is 11.5 Å². The number of rotatable bonds is 3. The molecule has 1 N–H and O–H groups in total. The quantitative estimate of drug-likeness (QED) is 0.348. The van der Waals surface area contributed by atoms with Crippen molar-refractivity contribution < 1.29 is 10.0 Å². The lowest BCUT2D eigenvalue weighted by Crippen LogP contribution is -2.17. The average molecular weight is 291 g/mol. The molecule has 0 saturated carbocycles. The topological polar surface area (TPSA) is 75.4 Å². The molecule has 5 heteroatoms. The van der Waals surface area contributed by atoms with Crippen LogP contribution in [0, 0.1) is 6.92 Å². The predicted molar refractivity (Wildman–Crippen MR) is 83.4 cm³/mol. The molecule has 0 atom stereocenters. The molecule has 22 heavy (non-hydrogen) atoms. The highest BCUT2D eigenvalue weighted by atomic mass is 16.4. The Labute approximate surface area is 127 Å².